The Morgan fingerprint density at radius 1 is 1.67 bits per heavy atom. The van der Waals surface area contributed by atoms with Gasteiger partial charge in [0.1, 0.15) is 7.85 Å². The average Bonchev–Trinajstić information content (AvgIpc) is 1.86. The van der Waals surface area contributed by atoms with Crippen LogP contribution in [0.1, 0.15) is 6.42 Å². The highest BCUT2D eigenvalue weighted by molar-refractivity contribution is 6.22. The van der Waals surface area contributed by atoms with E-state index in [0.717, 1.165) is 0 Å². The Labute approximate surface area is 39.0 Å². The molecule has 0 bridgehead atoms. The van der Waals surface area contributed by atoms with Crippen molar-refractivity contribution in [2.75, 3.05) is 0 Å². The summed E-state index contributed by atoms with van der Waals surface area (Å²) in [6, 6.07) is 0. The maximum Gasteiger partial charge on any atom is 0.134 e. The lowest BCUT2D eigenvalue weighted by molar-refractivity contribution is 1.41. The smallest absolute Gasteiger partial charge is 0.106 e. The lowest BCUT2D eigenvalue weighted by atomic mass is 9.95. The first-order valence-corrected chi connectivity index (χ1v) is 2.22. The van der Waals surface area contributed by atoms with Crippen LogP contribution in [0.15, 0.2) is 23.7 Å². The van der Waals surface area contributed by atoms with Gasteiger partial charge in [-0.2, -0.15) is 0 Å². The van der Waals surface area contributed by atoms with Crippen molar-refractivity contribution in [3.63, 3.8) is 0 Å². The average molecular weight is 77.9 g/mol. The molecule has 0 aliphatic heterocycles. The van der Waals surface area contributed by atoms with Gasteiger partial charge in [0.25, 0.3) is 0 Å². The van der Waals surface area contributed by atoms with Crippen LogP contribution in [-0.2, 0) is 0 Å². The van der Waals surface area contributed by atoms with Gasteiger partial charge in [-0.25, -0.2) is 0 Å². The first-order valence-electron chi connectivity index (χ1n) is 2.22. The zero-order valence-corrected chi connectivity index (χ0v) is 3.94. The van der Waals surface area contributed by atoms with Crippen LogP contribution in [0.2, 0.25) is 0 Å². The van der Waals surface area contributed by atoms with Gasteiger partial charge in [0.15, 0.2) is 0 Å². The SMILES string of the molecule is BC1=CC=CC1. The highest BCUT2D eigenvalue weighted by Gasteiger charge is 1.86. The molecule has 0 N–H and O–H groups in total. The summed E-state index contributed by atoms with van der Waals surface area (Å²) < 4.78 is 0. The van der Waals surface area contributed by atoms with E-state index in [2.05, 4.69) is 26.1 Å². The second-order valence-electron chi connectivity index (χ2n) is 1.65. The lowest BCUT2D eigenvalue weighted by Gasteiger charge is -1.78. The Bertz CT molecular complexity index is 101. The van der Waals surface area contributed by atoms with Crippen molar-refractivity contribution < 1.29 is 0 Å². The molecule has 1 rings (SSSR count). The van der Waals surface area contributed by atoms with Crippen LogP contribution in [0.3, 0.4) is 0 Å². The lowest BCUT2D eigenvalue weighted by Crippen LogP contribution is -1.68. The fraction of sp³-hybridized carbons (Fsp3) is 0.200. The molecule has 30 valence electrons. The molecule has 1 aliphatic carbocycles. The highest BCUT2D eigenvalue weighted by atomic mass is 13.9. The molecule has 0 unspecified atom stereocenters. The summed E-state index contributed by atoms with van der Waals surface area (Å²) in [6.07, 6.45) is 7.56. The van der Waals surface area contributed by atoms with Crippen molar-refractivity contribution in [3.05, 3.63) is 23.7 Å². The second kappa shape index (κ2) is 1.33. The van der Waals surface area contributed by atoms with Crippen molar-refractivity contribution in [2.24, 2.45) is 0 Å². The molecule has 0 aromatic heterocycles. The van der Waals surface area contributed by atoms with E-state index in [0.29, 0.717) is 0 Å². The van der Waals surface area contributed by atoms with Crippen LogP contribution in [0.5, 0.6) is 0 Å². The normalized spacial score (nSPS) is 18.3. The molecule has 1 aliphatic rings. The van der Waals surface area contributed by atoms with Gasteiger partial charge < -0.3 is 0 Å². The Balaban J connectivity index is 2.61. The zero-order valence-electron chi connectivity index (χ0n) is 3.94. The summed E-state index contributed by atoms with van der Waals surface area (Å²) in [7, 11) is 2.14. The van der Waals surface area contributed by atoms with Crippen molar-refractivity contribution in [2.45, 2.75) is 6.42 Å². The van der Waals surface area contributed by atoms with Gasteiger partial charge in [0, 0.05) is 0 Å². The topological polar surface area (TPSA) is 0 Å². The number of hydrogen-bond donors (Lipinski definition) is 0. The first-order chi connectivity index (χ1) is 2.89. The van der Waals surface area contributed by atoms with Gasteiger partial charge in [-0.1, -0.05) is 18.2 Å². The zero-order chi connectivity index (χ0) is 4.41. The monoisotopic (exact) mass is 78.1 g/mol. The molecule has 0 aromatic carbocycles. The maximum absolute atomic E-state index is 2.16. The highest BCUT2D eigenvalue weighted by Crippen LogP contribution is 2.03. The van der Waals surface area contributed by atoms with Crippen molar-refractivity contribution in [1.29, 1.82) is 0 Å². The molecule has 0 spiro atoms. The number of hydrogen-bond acceptors (Lipinski definition) is 0. The third-order valence-electron chi connectivity index (χ3n) is 0.957. The van der Waals surface area contributed by atoms with Crippen LogP contribution >= 0.6 is 0 Å². The van der Waals surface area contributed by atoms with Crippen molar-refractivity contribution in [1.82, 2.24) is 0 Å². The van der Waals surface area contributed by atoms with Crippen molar-refractivity contribution >= 4 is 7.85 Å². The third kappa shape index (κ3) is 0.536. The van der Waals surface area contributed by atoms with E-state index in [4.69, 9.17) is 0 Å². The second-order valence-corrected chi connectivity index (χ2v) is 1.65. The number of rotatable bonds is 0. The van der Waals surface area contributed by atoms with Gasteiger partial charge in [0.05, 0.1) is 0 Å². The van der Waals surface area contributed by atoms with Gasteiger partial charge in [-0.3, -0.25) is 0 Å². The van der Waals surface area contributed by atoms with Crippen LogP contribution in [0, 0.1) is 0 Å². The summed E-state index contributed by atoms with van der Waals surface area (Å²) in [5.74, 6) is 0. The number of allylic oxidation sites excluding steroid dienone is 4. The molecule has 0 saturated carbocycles. The summed E-state index contributed by atoms with van der Waals surface area (Å²) in [5, 5.41) is 0. The van der Waals surface area contributed by atoms with E-state index in [9.17, 15) is 0 Å². The predicted octanol–water partition coefficient (Wildman–Crippen LogP) is 0.463. The molecule has 6 heavy (non-hydrogen) atoms. The predicted molar refractivity (Wildman–Crippen MR) is 30.4 cm³/mol. The molecular weight excluding hydrogens is 70.9 g/mol. The van der Waals surface area contributed by atoms with E-state index in [1.807, 2.05) is 0 Å². The van der Waals surface area contributed by atoms with E-state index in [-0.39, 0.29) is 0 Å². The van der Waals surface area contributed by atoms with Gasteiger partial charge in [-0.05, 0) is 6.42 Å². The van der Waals surface area contributed by atoms with Gasteiger partial charge in [-0.15, -0.1) is 5.47 Å². The fourth-order valence-corrected chi connectivity index (χ4v) is 0.554. The minimum Gasteiger partial charge on any atom is -0.106 e. The van der Waals surface area contributed by atoms with Crippen LogP contribution in [0.4, 0.5) is 0 Å². The minimum atomic E-state index is 1.17. The first kappa shape index (κ1) is 3.73. The molecule has 0 heterocycles. The molecule has 1 heteroatoms. The Kier molecular flexibility index (Phi) is 0.828. The Hall–Kier alpha value is -0.455. The van der Waals surface area contributed by atoms with Crippen LogP contribution < -0.4 is 0 Å². The van der Waals surface area contributed by atoms with E-state index >= 15 is 0 Å². The van der Waals surface area contributed by atoms with E-state index in [1.54, 1.807) is 0 Å². The Morgan fingerprint density at radius 3 is 2.67 bits per heavy atom. The quantitative estimate of drug-likeness (QED) is 0.369. The van der Waals surface area contributed by atoms with Crippen LogP contribution in [0.25, 0.3) is 0 Å². The summed E-state index contributed by atoms with van der Waals surface area (Å²) in [5.41, 5.74) is 1.47. The molecular formula is C5H7B. The Morgan fingerprint density at radius 2 is 2.50 bits per heavy atom. The molecule has 0 fully saturated rings. The standard InChI is InChI=1S/C5H7B/c6-5-3-1-2-4-5/h1-3H,4,6H2. The molecule has 0 aromatic rings. The summed E-state index contributed by atoms with van der Waals surface area (Å²) in [4.78, 5) is 0. The molecule has 0 nitrogen and oxygen atoms in total. The van der Waals surface area contributed by atoms with Gasteiger partial charge >= 0.3 is 0 Å². The van der Waals surface area contributed by atoms with E-state index in [1.165, 1.54) is 11.9 Å². The van der Waals surface area contributed by atoms with Crippen LogP contribution in [-0.4, -0.2) is 7.85 Å². The summed E-state index contributed by atoms with van der Waals surface area (Å²) in [6.45, 7) is 0. The third-order valence-corrected chi connectivity index (χ3v) is 0.957. The fourth-order valence-electron chi connectivity index (χ4n) is 0.554. The molecule has 0 radical (unpaired) electrons. The van der Waals surface area contributed by atoms with E-state index < -0.39 is 0 Å². The molecule has 0 amide bonds. The molecule has 0 saturated heterocycles. The summed E-state index contributed by atoms with van der Waals surface area (Å²) >= 11 is 0. The maximum atomic E-state index is 2.16. The van der Waals surface area contributed by atoms with Gasteiger partial charge in [0.2, 0.25) is 0 Å². The molecule has 0 atom stereocenters. The van der Waals surface area contributed by atoms with Crippen molar-refractivity contribution in [3.8, 4) is 0 Å². The minimum absolute atomic E-state index is 1.17. The largest absolute Gasteiger partial charge is 0.134 e.